The molecule has 0 saturated carbocycles. The molecule has 4 aromatic rings. The van der Waals surface area contributed by atoms with E-state index in [2.05, 4.69) is 64.6 Å². The molecule has 3 heteroatoms. The van der Waals surface area contributed by atoms with Gasteiger partial charge in [-0.2, -0.15) is 5.10 Å². The fraction of sp³-hybridized carbons (Fsp3) is 0.0952. The van der Waals surface area contributed by atoms with Gasteiger partial charge >= 0.3 is 0 Å². The van der Waals surface area contributed by atoms with Crippen molar-refractivity contribution in [3.05, 3.63) is 78.2 Å². The molecule has 2 aromatic heterocycles. The van der Waals surface area contributed by atoms with Crippen molar-refractivity contribution in [3.63, 3.8) is 0 Å². The molecule has 0 unspecified atom stereocenters. The van der Waals surface area contributed by atoms with Gasteiger partial charge in [-0.15, -0.1) is 5.10 Å². The van der Waals surface area contributed by atoms with Crippen molar-refractivity contribution in [2.45, 2.75) is 13.8 Å². The second-order valence-electron chi connectivity index (χ2n) is 5.93. The largest absolute Gasteiger partial charge is 0.265 e. The molecule has 0 saturated heterocycles. The molecule has 3 nitrogen and oxygen atoms in total. The molecule has 0 bridgehead atoms. The van der Waals surface area contributed by atoms with Crippen LogP contribution >= 0.6 is 0 Å². The number of rotatable bonds is 2. The summed E-state index contributed by atoms with van der Waals surface area (Å²) in [5.74, 6) is 0. The van der Waals surface area contributed by atoms with Crippen molar-refractivity contribution < 1.29 is 0 Å². The van der Waals surface area contributed by atoms with E-state index in [1.165, 1.54) is 10.8 Å². The molecule has 2 heterocycles. The average molecular weight is 311 g/mol. The summed E-state index contributed by atoms with van der Waals surface area (Å²) in [5, 5.41) is 11.3. The molecule has 0 radical (unpaired) electrons. The van der Waals surface area contributed by atoms with Crippen molar-refractivity contribution >= 4 is 10.8 Å². The van der Waals surface area contributed by atoms with Crippen molar-refractivity contribution in [2.75, 3.05) is 0 Å². The summed E-state index contributed by atoms with van der Waals surface area (Å²) in [5.41, 5.74) is 6.33. The molecule has 0 aliphatic rings. The molecule has 2 aromatic carbocycles. The van der Waals surface area contributed by atoms with E-state index in [1.807, 2.05) is 31.5 Å². The molecular weight excluding hydrogens is 294 g/mol. The molecule has 24 heavy (non-hydrogen) atoms. The third-order valence-electron chi connectivity index (χ3n) is 4.45. The maximum atomic E-state index is 4.52. The van der Waals surface area contributed by atoms with Gasteiger partial charge in [0.25, 0.3) is 0 Å². The lowest BCUT2D eigenvalue weighted by atomic mass is 9.94. The number of benzene rings is 2. The molecule has 116 valence electrons. The fourth-order valence-corrected chi connectivity index (χ4v) is 3.02. The van der Waals surface area contributed by atoms with Gasteiger partial charge in [-0.3, -0.25) is 4.98 Å². The van der Waals surface area contributed by atoms with Crippen LogP contribution < -0.4 is 0 Å². The SMILES string of the molecule is Cc1nnc(-c2ccc3ccccc3c2)c(-c2ccncc2)c1C. The topological polar surface area (TPSA) is 38.7 Å². The van der Waals surface area contributed by atoms with Crippen LogP contribution in [0.25, 0.3) is 33.2 Å². The molecule has 0 amide bonds. The lowest BCUT2D eigenvalue weighted by Crippen LogP contribution is -1.99. The van der Waals surface area contributed by atoms with Gasteiger partial charge in [0.1, 0.15) is 5.69 Å². The summed E-state index contributed by atoms with van der Waals surface area (Å²) in [6.07, 6.45) is 3.63. The Bertz CT molecular complexity index is 1020. The van der Waals surface area contributed by atoms with E-state index < -0.39 is 0 Å². The number of aryl methyl sites for hydroxylation is 1. The average Bonchev–Trinajstić information content (AvgIpc) is 2.64. The summed E-state index contributed by atoms with van der Waals surface area (Å²) in [7, 11) is 0. The highest BCUT2D eigenvalue weighted by Gasteiger charge is 2.15. The van der Waals surface area contributed by atoms with Gasteiger partial charge in [-0.1, -0.05) is 36.4 Å². The van der Waals surface area contributed by atoms with Crippen LogP contribution in [0.15, 0.2) is 67.0 Å². The van der Waals surface area contributed by atoms with Crippen LogP contribution in [-0.2, 0) is 0 Å². The minimum Gasteiger partial charge on any atom is -0.265 e. The van der Waals surface area contributed by atoms with Crippen LogP contribution in [0.1, 0.15) is 11.3 Å². The Morgan fingerprint density at radius 1 is 0.708 bits per heavy atom. The highest BCUT2D eigenvalue weighted by atomic mass is 15.1. The predicted molar refractivity (Wildman–Crippen MR) is 97.7 cm³/mol. The van der Waals surface area contributed by atoms with Crippen molar-refractivity contribution in [1.82, 2.24) is 15.2 Å². The van der Waals surface area contributed by atoms with Crippen LogP contribution in [0.5, 0.6) is 0 Å². The summed E-state index contributed by atoms with van der Waals surface area (Å²) < 4.78 is 0. The molecule has 4 rings (SSSR count). The molecule has 0 fully saturated rings. The fourth-order valence-electron chi connectivity index (χ4n) is 3.02. The first-order chi connectivity index (χ1) is 11.7. The van der Waals surface area contributed by atoms with Gasteiger partial charge in [-0.05, 0) is 53.9 Å². The number of pyridine rings is 1. The van der Waals surface area contributed by atoms with E-state index in [0.717, 1.165) is 33.6 Å². The predicted octanol–water partition coefficient (Wildman–Crippen LogP) is 4.98. The zero-order valence-corrected chi connectivity index (χ0v) is 13.7. The second-order valence-corrected chi connectivity index (χ2v) is 5.93. The van der Waals surface area contributed by atoms with Crippen LogP contribution in [-0.4, -0.2) is 15.2 Å². The lowest BCUT2D eigenvalue weighted by molar-refractivity contribution is 0.970. The van der Waals surface area contributed by atoms with Gasteiger partial charge in [-0.25, -0.2) is 0 Å². The van der Waals surface area contributed by atoms with Gasteiger partial charge in [0.05, 0.1) is 5.69 Å². The Kier molecular flexibility index (Phi) is 3.54. The van der Waals surface area contributed by atoms with Crippen molar-refractivity contribution in [2.24, 2.45) is 0 Å². The second kappa shape index (κ2) is 5.85. The monoisotopic (exact) mass is 311 g/mol. The smallest absolute Gasteiger partial charge is 0.101 e. The van der Waals surface area contributed by atoms with Gasteiger partial charge in [0, 0.05) is 23.5 Å². The minimum absolute atomic E-state index is 0.912. The number of fused-ring (bicyclic) bond motifs is 1. The molecule has 0 aliphatic carbocycles. The Morgan fingerprint density at radius 2 is 1.46 bits per heavy atom. The summed E-state index contributed by atoms with van der Waals surface area (Å²) in [6.45, 7) is 4.10. The van der Waals surface area contributed by atoms with Crippen molar-refractivity contribution in [3.8, 4) is 22.4 Å². The van der Waals surface area contributed by atoms with Crippen LogP contribution in [0.4, 0.5) is 0 Å². The minimum atomic E-state index is 0.912. The lowest BCUT2D eigenvalue weighted by Gasteiger charge is -2.13. The van der Waals surface area contributed by atoms with E-state index in [4.69, 9.17) is 0 Å². The third-order valence-corrected chi connectivity index (χ3v) is 4.45. The maximum absolute atomic E-state index is 4.52. The first-order valence-corrected chi connectivity index (χ1v) is 7.97. The number of hydrogen-bond donors (Lipinski definition) is 0. The number of aromatic nitrogens is 3. The van der Waals surface area contributed by atoms with Gasteiger partial charge in [0.2, 0.25) is 0 Å². The van der Waals surface area contributed by atoms with Crippen LogP contribution in [0, 0.1) is 13.8 Å². The van der Waals surface area contributed by atoms with E-state index >= 15 is 0 Å². The van der Waals surface area contributed by atoms with E-state index in [9.17, 15) is 0 Å². The first-order valence-electron chi connectivity index (χ1n) is 7.97. The zero-order chi connectivity index (χ0) is 16.5. The van der Waals surface area contributed by atoms with Crippen LogP contribution in [0.2, 0.25) is 0 Å². The van der Waals surface area contributed by atoms with Gasteiger partial charge in [0.15, 0.2) is 0 Å². The highest BCUT2D eigenvalue weighted by Crippen LogP contribution is 2.34. The maximum Gasteiger partial charge on any atom is 0.101 e. The Hall–Kier alpha value is -3.07. The summed E-state index contributed by atoms with van der Waals surface area (Å²) in [4.78, 5) is 4.13. The third kappa shape index (κ3) is 2.44. The van der Waals surface area contributed by atoms with Crippen LogP contribution in [0.3, 0.4) is 0 Å². The number of nitrogens with zero attached hydrogens (tertiary/aromatic N) is 3. The number of hydrogen-bond acceptors (Lipinski definition) is 3. The van der Waals surface area contributed by atoms with E-state index in [1.54, 1.807) is 0 Å². The van der Waals surface area contributed by atoms with E-state index in [-0.39, 0.29) is 0 Å². The van der Waals surface area contributed by atoms with Gasteiger partial charge < -0.3 is 0 Å². The quantitative estimate of drug-likeness (QED) is 0.524. The normalized spacial score (nSPS) is 10.9. The molecule has 0 N–H and O–H groups in total. The summed E-state index contributed by atoms with van der Waals surface area (Å²) >= 11 is 0. The zero-order valence-electron chi connectivity index (χ0n) is 13.7. The van der Waals surface area contributed by atoms with Crippen molar-refractivity contribution in [1.29, 1.82) is 0 Å². The Labute approximate surface area is 141 Å². The first kappa shape index (κ1) is 14.5. The molecular formula is C21H17N3. The summed E-state index contributed by atoms with van der Waals surface area (Å²) in [6, 6.07) is 18.8. The Morgan fingerprint density at radius 3 is 2.25 bits per heavy atom. The molecule has 0 atom stereocenters. The molecule has 0 spiro atoms. The van der Waals surface area contributed by atoms with E-state index in [0.29, 0.717) is 0 Å². The molecule has 0 aliphatic heterocycles. The highest BCUT2D eigenvalue weighted by molar-refractivity contribution is 5.90. The Balaban J connectivity index is 1.99. The standard InChI is InChI=1S/C21H17N3/c1-14-15(2)23-24-21(20(14)17-9-11-22-12-10-17)19-8-7-16-5-3-4-6-18(16)13-19/h3-13H,1-2H3.